The molecule has 1 aromatic rings. The maximum atomic E-state index is 12.7. The van der Waals surface area contributed by atoms with E-state index in [-0.39, 0.29) is 23.4 Å². The second-order valence-corrected chi connectivity index (χ2v) is 8.39. The summed E-state index contributed by atoms with van der Waals surface area (Å²) in [6, 6.07) is 9.10. The summed E-state index contributed by atoms with van der Waals surface area (Å²) in [7, 11) is 0. The summed E-state index contributed by atoms with van der Waals surface area (Å²) < 4.78 is 11.0. The van der Waals surface area contributed by atoms with Gasteiger partial charge in [0.2, 0.25) is 0 Å². The van der Waals surface area contributed by atoms with Crippen molar-refractivity contribution in [3.05, 3.63) is 35.9 Å². The van der Waals surface area contributed by atoms with Crippen LogP contribution < -0.4 is 0 Å². The van der Waals surface area contributed by atoms with Gasteiger partial charge in [-0.05, 0) is 44.6 Å². The minimum atomic E-state index is -0.568. The summed E-state index contributed by atoms with van der Waals surface area (Å²) in [6.45, 7) is 6.36. The van der Waals surface area contributed by atoms with Crippen LogP contribution in [0, 0.1) is 10.8 Å². The van der Waals surface area contributed by atoms with Crippen LogP contribution in [0.3, 0.4) is 0 Å². The van der Waals surface area contributed by atoms with Gasteiger partial charge in [0.1, 0.15) is 18.2 Å². The van der Waals surface area contributed by atoms with Crippen molar-refractivity contribution < 1.29 is 19.1 Å². The number of esters is 1. The fourth-order valence-corrected chi connectivity index (χ4v) is 4.19. The smallest absolute Gasteiger partial charge is 0.411 e. The molecule has 0 N–H and O–H groups in total. The molecule has 3 fully saturated rings. The van der Waals surface area contributed by atoms with Crippen LogP contribution in [0.15, 0.2) is 30.3 Å². The van der Waals surface area contributed by atoms with Gasteiger partial charge in [-0.15, -0.1) is 0 Å². The van der Waals surface area contributed by atoms with Crippen molar-refractivity contribution in [1.29, 1.82) is 0 Å². The highest BCUT2D eigenvalue weighted by molar-refractivity contribution is 5.86. The maximum Gasteiger partial charge on any atom is 0.411 e. The first-order valence-electron chi connectivity index (χ1n) is 8.47. The maximum absolute atomic E-state index is 12.7. The van der Waals surface area contributed by atoms with Crippen molar-refractivity contribution >= 4 is 12.1 Å². The molecule has 4 rings (SSSR count). The second-order valence-electron chi connectivity index (χ2n) is 8.39. The van der Waals surface area contributed by atoms with Gasteiger partial charge in [-0.3, -0.25) is 4.90 Å². The SMILES string of the molecule is CC(C)(C)OC(=O)N1CC23CC2(C3)[C@@H]1C(=O)OCc1ccccc1. The van der Waals surface area contributed by atoms with Crippen LogP contribution in [0.5, 0.6) is 0 Å². The zero-order valence-electron chi connectivity index (χ0n) is 14.4. The Balaban J connectivity index is 1.45. The fourth-order valence-electron chi connectivity index (χ4n) is 4.19. The molecule has 0 unspecified atom stereocenters. The van der Waals surface area contributed by atoms with Crippen LogP contribution in [0.1, 0.15) is 39.2 Å². The molecular formula is C19H23NO4. The highest BCUT2D eigenvalue weighted by atomic mass is 16.6. The first-order chi connectivity index (χ1) is 11.3. The Kier molecular flexibility index (Phi) is 3.06. The monoisotopic (exact) mass is 329 g/mol. The number of benzene rings is 1. The molecule has 0 bridgehead atoms. The molecule has 0 spiro atoms. The van der Waals surface area contributed by atoms with Gasteiger partial charge in [0.25, 0.3) is 0 Å². The Morgan fingerprint density at radius 2 is 1.88 bits per heavy atom. The number of carbonyl (C=O) groups is 2. The quantitative estimate of drug-likeness (QED) is 0.800. The molecule has 128 valence electrons. The third kappa shape index (κ3) is 2.29. The van der Waals surface area contributed by atoms with Crippen molar-refractivity contribution in [1.82, 2.24) is 4.90 Å². The number of carbonyl (C=O) groups excluding carboxylic acids is 2. The van der Waals surface area contributed by atoms with Crippen LogP contribution in [0.25, 0.3) is 0 Å². The van der Waals surface area contributed by atoms with Gasteiger partial charge >= 0.3 is 12.1 Å². The van der Waals surface area contributed by atoms with Crippen LogP contribution in [-0.4, -0.2) is 35.2 Å². The van der Waals surface area contributed by atoms with Crippen LogP contribution in [-0.2, 0) is 20.9 Å². The van der Waals surface area contributed by atoms with Crippen LogP contribution in [0.4, 0.5) is 4.79 Å². The number of rotatable bonds is 3. The van der Waals surface area contributed by atoms with Crippen molar-refractivity contribution in [2.75, 3.05) is 6.54 Å². The van der Waals surface area contributed by atoms with Crippen molar-refractivity contribution in [3.8, 4) is 0 Å². The van der Waals surface area contributed by atoms with Crippen molar-refractivity contribution in [3.63, 3.8) is 0 Å². The third-order valence-corrected chi connectivity index (χ3v) is 5.50. The number of amides is 1. The summed E-state index contributed by atoms with van der Waals surface area (Å²) in [5.74, 6) is -0.304. The first-order valence-corrected chi connectivity index (χ1v) is 8.47. The lowest BCUT2D eigenvalue weighted by molar-refractivity contribution is -0.152. The lowest BCUT2D eigenvalue weighted by Gasteiger charge is -2.33. The molecule has 1 atom stereocenters. The molecule has 2 saturated carbocycles. The normalized spacial score (nSPS) is 32.6. The zero-order valence-corrected chi connectivity index (χ0v) is 14.4. The Morgan fingerprint density at radius 3 is 2.50 bits per heavy atom. The minimum Gasteiger partial charge on any atom is -0.459 e. The molecule has 0 aromatic heterocycles. The van der Waals surface area contributed by atoms with E-state index in [0.29, 0.717) is 6.54 Å². The number of nitrogens with zero attached hydrogens (tertiary/aromatic N) is 1. The second kappa shape index (κ2) is 4.74. The summed E-state index contributed by atoms with van der Waals surface area (Å²) >= 11 is 0. The topological polar surface area (TPSA) is 55.8 Å². The largest absolute Gasteiger partial charge is 0.459 e. The highest BCUT2D eigenvalue weighted by Gasteiger charge is 2.92. The molecule has 5 heteroatoms. The zero-order chi connectivity index (χ0) is 17.2. The fraction of sp³-hybridized carbons (Fsp3) is 0.579. The Labute approximate surface area is 141 Å². The number of ether oxygens (including phenoxy) is 2. The summed E-state index contributed by atoms with van der Waals surface area (Å²) in [5, 5.41) is 0. The van der Waals surface area contributed by atoms with E-state index in [1.165, 1.54) is 0 Å². The predicted molar refractivity (Wildman–Crippen MR) is 87.1 cm³/mol. The molecule has 1 heterocycles. The van der Waals surface area contributed by atoms with Gasteiger partial charge in [0, 0.05) is 12.0 Å². The number of hydrogen-bond donors (Lipinski definition) is 0. The van der Waals surface area contributed by atoms with E-state index in [9.17, 15) is 9.59 Å². The number of hydrogen-bond acceptors (Lipinski definition) is 4. The molecule has 1 aromatic carbocycles. The van der Waals surface area contributed by atoms with Gasteiger partial charge < -0.3 is 9.47 Å². The molecule has 24 heavy (non-hydrogen) atoms. The van der Waals surface area contributed by atoms with E-state index >= 15 is 0 Å². The van der Waals surface area contributed by atoms with E-state index in [4.69, 9.17) is 9.47 Å². The van der Waals surface area contributed by atoms with Gasteiger partial charge in [-0.1, -0.05) is 30.3 Å². The lowest BCUT2D eigenvalue weighted by atomic mass is 10.0. The lowest BCUT2D eigenvalue weighted by Crippen LogP contribution is -2.50. The average molecular weight is 329 g/mol. The van der Waals surface area contributed by atoms with E-state index < -0.39 is 17.7 Å². The average Bonchev–Trinajstić information content (AvgIpc) is 3.26. The molecule has 2 aliphatic carbocycles. The van der Waals surface area contributed by atoms with Crippen LogP contribution in [0.2, 0.25) is 0 Å². The Bertz CT molecular complexity index is 685. The van der Waals surface area contributed by atoms with E-state index in [0.717, 1.165) is 18.4 Å². The van der Waals surface area contributed by atoms with Crippen molar-refractivity contribution in [2.24, 2.45) is 10.8 Å². The van der Waals surface area contributed by atoms with Gasteiger partial charge in [-0.25, -0.2) is 9.59 Å². The van der Waals surface area contributed by atoms with Crippen LogP contribution >= 0.6 is 0 Å². The van der Waals surface area contributed by atoms with Gasteiger partial charge in [-0.2, -0.15) is 0 Å². The molecule has 3 aliphatic rings. The molecule has 1 amide bonds. The number of likely N-dealkylation sites (tertiary alicyclic amines) is 1. The van der Waals surface area contributed by atoms with Crippen molar-refractivity contribution in [2.45, 2.75) is 51.9 Å². The first kappa shape index (κ1) is 15.5. The molecule has 1 aliphatic heterocycles. The molecule has 1 saturated heterocycles. The summed E-state index contributed by atoms with van der Waals surface area (Å²) in [6.07, 6.45) is 1.66. The van der Waals surface area contributed by atoms with Gasteiger partial charge in [0.15, 0.2) is 0 Å². The van der Waals surface area contributed by atoms with E-state index in [1.807, 2.05) is 51.1 Å². The third-order valence-electron chi connectivity index (χ3n) is 5.50. The summed E-state index contributed by atoms with van der Waals surface area (Å²) in [5.41, 5.74) is 0.517. The highest BCUT2D eigenvalue weighted by Crippen LogP contribution is 2.91. The Hall–Kier alpha value is -2.04. The molecule has 0 radical (unpaired) electrons. The molecule has 5 nitrogen and oxygen atoms in total. The standard InChI is InChI=1S/C19H23NO4/c1-17(2,3)24-16(22)20-12-18-10-19(18,11-18)14(20)15(21)23-9-13-7-5-4-6-8-13/h4-8,14H,9-12H2,1-3H3/t14-,18?,19?/m0/s1. The number of piperidine rings is 2. The molecular weight excluding hydrogens is 306 g/mol. The van der Waals surface area contributed by atoms with Gasteiger partial charge in [0.05, 0.1) is 0 Å². The van der Waals surface area contributed by atoms with E-state index in [1.54, 1.807) is 4.90 Å². The summed E-state index contributed by atoms with van der Waals surface area (Å²) in [4.78, 5) is 26.8. The predicted octanol–water partition coefficient (Wildman–Crippen LogP) is 3.13. The van der Waals surface area contributed by atoms with E-state index in [2.05, 4.69) is 0 Å². The minimum absolute atomic E-state index is 0.0301. The Morgan fingerprint density at radius 1 is 1.21 bits per heavy atom.